The fourth-order valence-corrected chi connectivity index (χ4v) is 5.07. The molecule has 0 aromatic heterocycles. The molecule has 0 bridgehead atoms. The number of sulfone groups is 1. The van der Waals surface area contributed by atoms with Gasteiger partial charge in [-0.15, -0.1) is 0 Å². The van der Waals surface area contributed by atoms with E-state index in [1.165, 1.54) is 0 Å². The Hall–Kier alpha value is -0.620. The zero-order valence-electron chi connectivity index (χ0n) is 11.7. The van der Waals surface area contributed by atoms with Crippen LogP contribution in [0.4, 0.5) is 0 Å². The van der Waals surface area contributed by atoms with Gasteiger partial charge in [-0.25, -0.2) is 8.42 Å². The van der Waals surface area contributed by atoms with E-state index in [0.29, 0.717) is 24.5 Å². The maximum Gasteiger partial charge on any atom is 0.152 e. The normalized spacial score (nSPS) is 25.8. The predicted octanol–water partition coefficient (Wildman–Crippen LogP) is 1.68. The van der Waals surface area contributed by atoms with Crippen molar-refractivity contribution in [2.45, 2.75) is 24.9 Å². The second-order valence-corrected chi connectivity index (χ2v) is 8.16. The Morgan fingerprint density at radius 1 is 1.40 bits per heavy atom. The molecule has 1 aromatic rings. The number of rotatable bonds is 4. The fourth-order valence-electron chi connectivity index (χ4n) is 2.84. The summed E-state index contributed by atoms with van der Waals surface area (Å²) in [6.45, 7) is 0.944. The molecule has 0 amide bonds. The van der Waals surface area contributed by atoms with Crippen molar-refractivity contribution < 1.29 is 8.42 Å². The summed E-state index contributed by atoms with van der Waals surface area (Å²) in [5.74, 6) is 0.409. The Morgan fingerprint density at radius 2 is 2.10 bits per heavy atom. The van der Waals surface area contributed by atoms with Crippen LogP contribution in [0.25, 0.3) is 0 Å². The van der Waals surface area contributed by atoms with E-state index in [9.17, 15) is 8.42 Å². The topological polar surface area (TPSA) is 63.4 Å². The van der Waals surface area contributed by atoms with Gasteiger partial charge in [0.1, 0.15) is 0 Å². The van der Waals surface area contributed by atoms with E-state index in [1.807, 2.05) is 36.2 Å². The average Bonchev–Trinajstić information content (AvgIpc) is 2.40. The zero-order valence-corrected chi connectivity index (χ0v) is 13.3. The van der Waals surface area contributed by atoms with Crippen LogP contribution in [-0.2, 0) is 16.4 Å². The van der Waals surface area contributed by atoms with Crippen molar-refractivity contribution in [1.29, 1.82) is 0 Å². The van der Waals surface area contributed by atoms with E-state index >= 15 is 0 Å². The molecule has 0 radical (unpaired) electrons. The minimum absolute atomic E-state index is 0.136. The molecule has 20 heavy (non-hydrogen) atoms. The summed E-state index contributed by atoms with van der Waals surface area (Å²) in [6, 6.07) is 7.62. The summed E-state index contributed by atoms with van der Waals surface area (Å²) in [7, 11) is -1.08. The van der Waals surface area contributed by atoms with Crippen molar-refractivity contribution >= 4 is 21.4 Å². The maximum atomic E-state index is 11.9. The predicted molar refractivity (Wildman–Crippen MR) is 82.6 cm³/mol. The number of benzene rings is 1. The van der Waals surface area contributed by atoms with Gasteiger partial charge in [-0.1, -0.05) is 29.8 Å². The lowest BCUT2D eigenvalue weighted by molar-refractivity contribution is 0.124. The van der Waals surface area contributed by atoms with Crippen molar-refractivity contribution in [2.75, 3.05) is 25.1 Å². The highest BCUT2D eigenvalue weighted by Gasteiger charge is 2.41. The second-order valence-electron chi connectivity index (χ2n) is 5.57. The van der Waals surface area contributed by atoms with Gasteiger partial charge in [-0.2, -0.15) is 0 Å². The van der Waals surface area contributed by atoms with Crippen molar-refractivity contribution in [1.82, 2.24) is 4.90 Å². The standard InChI is InChI=1S/C14H21ClN2O2S/c1-17(9-12-5-2-3-6-13(12)15)14(10-16)7-4-8-20(18,19)11-14/h2-3,5-6H,4,7-11,16H2,1H3. The number of hydrogen-bond acceptors (Lipinski definition) is 4. The molecule has 1 aromatic carbocycles. The van der Waals surface area contributed by atoms with Gasteiger partial charge in [-0.05, 0) is 31.5 Å². The van der Waals surface area contributed by atoms with Crippen LogP contribution in [0.3, 0.4) is 0 Å². The molecule has 4 nitrogen and oxygen atoms in total. The van der Waals surface area contributed by atoms with E-state index < -0.39 is 15.4 Å². The fraction of sp³-hybridized carbons (Fsp3) is 0.571. The van der Waals surface area contributed by atoms with Gasteiger partial charge in [0, 0.05) is 23.7 Å². The van der Waals surface area contributed by atoms with Crippen LogP contribution in [0.2, 0.25) is 5.02 Å². The Kier molecular flexibility index (Phi) is 4.74. The van der Waals surface area contributed by atoms with Crippen LogP contribution < -0.4 is 5.73 Å². The Labute approximate surface area is 125 Å². The first-order chi connectivity index (χ1) is 9.38. The first-order valence-electron chi connectivity index (χ1n) is 6.74. The summed E-state index contributed by atoms with van der Waals surface area (Å²) >= 11 is 6.18. The Bertz CT molecular complexity index is 576. The number of likely N-dealkylation sites (N-methyl/N-ethyl adjacent to an activating group) is 1. The lowest BCUT2D eigenvalue weighted by atomic mass is 9.93. The average molecular weight is 317 g/mol. The number of nitrogens with zero attached hydrogens (tertiary/aromatic N) is 1. The van der Waals surface area contributed by atoms with E-state index in [2.05, 4.69) is 0 Å². The molecule has 2 N–H and O–H groups in total. The van der Waals surface area contributed by atoms with Gasteiger partial charge >= 0.3 is 0 Å². The molecule has 2 rings (SSSR count). The van der Waals surface area contributed by atoms with Crippen LogP contribution in [0.15, 0.2) is 24.3 Å². The van der Waals surface area contributed by atoms with Gasteiger partial charge in [0.05, 0.1) is 11.5 Å². The first-order valence-corrected chi connectivity index (χ1v) is 8.94. The maximum absolute atomic E-state index is 11.9. The molecule has 1 atom stereocenters. The Morgan fingerprint density at radius 3 is 2.70 bits per heavy atom. The smallest absolute Gasteiger partial charge is 0.152 e. The third-order valence-corrected chi connectivity index (χ3v) is 6.40. The highest BCUT2D eigenvalue weighted by atomic mass is 35.5. The largest absolute Gasteiger partial charge is 0.329 e. The number of hydrogen-bond donors (Lipinski definition) is 1. The minimum Gasteiger partial charge on any atom is -0.329 e. The number of halogens is 1. The third kappa shape index (κ3) is 3.34. The molecule has 1 unspecified atom stereocenters. The van der Waals surface area contributed by atoms with Gasteiger partial charge in [0.15, 0.2) is 9.84 Å². The van der Waals surface area contributed by atoms with Gasteiger partial charge in [0.25, 0.3) is 0 Å². The van der Waals surface area contributed by atoms with Gasteiger partial charge in [0.2, 0.25) is 0 Å². The lowest BCUT2D eigenvalue weighted by Crippen LogP contribution is -2.58. The van der Waals surface area contributed by atoms with Crippen LogP contribution in [0, 0.1) is 0 Å². The molecule has 1 fully saturated rings. The van der Waals surface area contributed by atoms with Crippen molar-refractivity contribution in [2.24, 2.45) is 5.73 Å². The van der Waals surface area contributed by atoms with E-state index in [4.69, 9.17) is 17.3 Å². The SMILES string of the molecule is CN(Cc1ccccc1Cl)C1(CN)CCCS(=O)(=O)C1. The molecule has 1 aliphatic heterocycles. The third-order valence-electron chi connectivity index (χ3n) is 4.14. The monoisotopic (exact) mass is 316 g/mol. The summed E-state index contributed by atoms with van der Waals surface area (Å²) in [5, 5.41) is 0.699. The highest BCUT2D eigenvalue weighted by Crippen LogP contribution is 2.29. The summed E-state index contributed by atoms with van der Waals surface area (Å²) in [4.78, 5) is 2.05. The summed E-state index contributed by atoms with van der Waals surface area (Å²) in [6.07, 6.45) is 1.48. The molecule has 0 saturated carbocycles. The molecule has 1 heterocycles. The van der Waals surface area contributed by atoms with Crippen LogP contribution in [0.1, 0.15) is 18.4 Å². The summed E-state index contributed by atoms with van der Waals surface area (Å²) < 4.78 is 23.9. The second kappa shape index (κ2) is 6.02. The molecule has 6 heteroatoms. The minimum atomic E-state index is -3.00. The zero-order chi connectivity index (χ0) is 14.8. The molecule has 112 valence electrons. The number of nitrogens with two attached hydrogens (primary N) is 1. The van der Waals surface area contributed by atoms with E-state index in [-0.39, 0.29) is 11.5 Å². The first kappa shape index (κ1) is 15.8. The van der Waals surface area contributed by atoms with E-state index in [0.717, 1.165) is 12.0 Å². The van der Waals surface area contributed by atoms with Crippen LogP contribution in [0.5, 0.6) is 0 Å². The van der Waals surface area contributed by atoms with Crippen LogP contribution >= 0.6 is 11.6 Å². The van der Waals surface area contributed by atoms with E-state index in [1.54, 1.807) is 0 Å². The molecule has 0 aliphatic carbocycles. The quantitative estimate of drug-likeness (QED) is 0.918. The lowest BCUT2D eigenvalue weighted by Gasteiger charge is -2.43. The van der Waals surface area contributed by atoms with Gasteiger partial charge in [-0.3, -0.25) is 4.90 Å². The molecular formula is C14H21ClN2O2S. The van der Waals surface area contributed by atoms with Crippen molar-refractivity contribution in [3.63, 3.8) is 0 Å². The van der Waals surface area contributed by atoms with Crippen molar-refractivity contribution in [3.8, 4) is 0 Å². The van der Waals surface area contributed by atoms with Crippen molar-refractivity contribution in [3.05, 3.63) is 34.9 Å². The molecule has 1 aliphatic rings. The van der Waals surface area contributed by atoms with Crippen LogP contribution in [-0.4, -0.2) is 44.0 Å². The van der Waals surface area contributed by atoms with Gasteiger partial charge < -0.3 is 5.73 Å². The highest BCUT2D eigenvalue weighted by molar-refractivity contribution is 7.91. The Balaban J connectivity index is 2.21. The molecular weight excluding hydrogens is 296 g/mol. The summed E-state index contributed by atoms with van der Waals surface area (Å²) in [5.41, 5.74) is 6.43. The molecule has 0 spiro atoms. The molecule has 1 saturated heterocycles.